The molecular weight excluding hydrogens is 649 g/mol. The van der Waals surface area contributed by atoms with Crippen molar-refractivity contribution in [3.63, 3.8) is 0 Å². The van der Waals surface area contributed by atoms with Gasteiger partial charge in [-0.3, -0.25) is 9.63 Å². The third-order valence-corrected chi connectivity index (χ3v) is 9.62. The fourth-order valence-corrected chi connectivity index (χ4v) is 6.94. The van der Waals surface area contributed by atoms with Crippen molar-refractivity contribution in [3.8, 4) is 0 Å². The molecule has 3 fully saturated rings. The van der Waals surface area contributed by atoms with E-state index in [1.165, 1.54) is 6.92 Å². The van der Waals surface area contributed by atoms with E-state index < -0.39 is 103 Å². The molecule has 0 bridgehead atoms. The number of nitrogens with one attached hydrogen (secondary N) is 1. The van der Waals surface area contributed by atoms with Crippen LogP contribution in [0.4, 0.5) is 13.2 Å². The number of hydroxylamine groups is 2. The molecule has 2 saturated heterocycles. The lowest BCUT2D eigenvalue weighted by atomic mass is 9.85. The predicted molar refractivity (Wildman–Crippen MR) is 161 cm³/mol. The van der Waals surface area contributed by atoms with Gasteiger partial charge in [0.15, 0.2) is 12.5 Å². The largest absolute Gasteiger partial charge is 0.485 e. The van der Waals surface area contributed by atoms with Gasteiger partial charge in [0.2, 0.25) is 12.2 Å². The molecule has 14 nitrogen and oxygen atoms in total. The number of alkyl halides is 3. The van der Waals surface area contributed by atoms with Crippen molar-refractivity contribution >= 4 is 5.91 Å². The lowest BCUT2D eigenvalue weighted by molar-refractivity contribution is -0.491. The number of carbonyl (C=O) groups is 1. The van der Waals surface area contributed by atoms with E-state index in [0.717, 1.165) is 32.1 Å². The van der Waals surface area contributed by atoms with Crippen LogP contribution in [0.15, 0.2) is 0 Å². The van der Waals surface area contributed by atoms with E-state index in [2.05, 4.69) is 5.32 Å². The quantitative estimate of drug-likeness (QED) is 0.113. The van der Waals surface area contributed by atoms with Crippen LogP contribution in [0.1, 0.15) is 85.5 Å². The molecule has 0 aromatic rings. The van der Waals surface area contributed by atoms with Crippen LogP contribution in [-0.4, -0.2) is 135 Å². The Labute approximate surface area is 279 Å². The number of aliphatic hydroxyl groups excluding tert-OH is 6. The summed E-state index contributed by atoms with van der Waals surface area (Å²) < 4.78 is 65.4. The topological polar surface area (TPSA) is 200 Å². The van der Waals surface area contributed by atoms with Crippen LogP contribution in [0.25, 0.3) is 0 Å². The Morgan fingerprint density at radius 3 is 2.08 bits per heavy atom. The molecule has 3 aliphatic rings. The molecule has 1 saturated carbocycles. The Balaban J connectivity index is 1.91. The molecule has 0 radical (unpaired) electrons. The summed E-state index contributed by atoms with van der Waals surface area (Å²) in [5, 5.41) is 64.2. The fourth-order valence-electron chi connectivity index (χ4n) is 6.94. The Hall–Kier alpha value is -1.22. The molecule has 17 heteroatoms. The molecule has 48 heavy (non-hydrogen) atoms. The van der Waals surface area contributed by atoms with Crippen LogP contribution in [0, 0.1) is 11.8 Å². The molecule has 12 atom stereocenters. The number of carbonyl (C=O) groups excluding carboxylic acids is 1. The molecule has 7 N–H and O–H groups in total. The number of nitrogens with zero attached hydrogens (tertiary/aromatic N) is 1. The Morgan fingerprint density at radius 2 is 1.56 bits per heavy atom. The highest BCUT2D eigenvalue weighted by Gasteiger charge is 2.55. The molecule has 3 rings (SSSR count). The lowest BCUT2D eigenvalue weighted by Gasteiger charge is -2.47. The van der Waals surface area contributed by atoms with Crippen LogP contribution >= 0.6 is 0 Å². The highest BCUT2D eigenvalue weighted by molar-refractivity contribution is 5.73. The maximum absolute atomic E-state index is 13.6. The van der Waals surface area contributed by atoms with E-state index >= 15 is 0 Å². The lowest BCUT2D eigenvalue weighted by Crippen LogP contribution is -2.67. The zero-order chi connectivity index (χ0) is 35.8. The van der Waals surface area contributed by atoms with Crippen LogP contribution in [0.2, 0.25) is 0 Å². The molecule has 1 amide bonds. The van der Waals surface area contributed by atoms with Gasteiger partial charge < -0.3 is 54.9 Å². The Kier molecular flexibility index (Phi) is 16.2. The minimum Gasteiger partial charge on any atom is -0.394 e. The van der Waals surface area contributed by atoms with E-state index in [-0.39, 0.29) is 13.0 Å². The summed E-state index contributed by atoms with van der Waals surface area (Å²) in [5.74, 6) is -0.606. The smallest absolute Gasteiger partial charge is 0.394 e. The highest BCUT2D eigenvalue weighted by atomic mass is 19.4. The van der Waals surface area contributed by atoms with Crippen molar-refractivity contribution in [2.24, 2.45) is 11.8 Å². The molecule has 0 aromatic heterocycles. The summed E-state index contributed by atoms with van der Waals surface area (Å²) in [5.41, 5.74) is 0. The number of halogens is 3. The van der Waals surface area contributed by atoms with E-state index in [9.17, 15) is 48.6 Å². The van der Waals surface area contributed by atoms with Gasteiger partial charge in [-0.25, -0.2) is 0 Å². The first-order valence-electron chi connectivity index (χ1n) is 17.1. The van der Waals surface area contributed by atoms with Gasteiger partial charge in [-0.15, -0.1) is 0 Å². The number of ether oxygens (including phenoxy) is 4. The van der Waals surface area contributed by atoms with Gasteiger partial charge in [-0.2, -0.15) is 13.2 Å². The second-order valence-corrected chi connectivity index (χ2v) is 13.0. The van der Waals surface area contributed by atoms with Gasteiger partial charge in [0.25, 0.3) is 0 Å². The summed E-state index contributed by atoms with van der Waals surface area (Å²) in [6.07, 6.45) is -15.5. The van der Waals surface area contributed by atoms with Crippen molar-refractivity contribution < 1.29 is 72.4 Å². The second kappa shape index (κ2) is 18.9. The van der Waals surface area contributed by atoms with Gasteiger partial charge in [0, 0.05) is 6.92 Å². The predicted octanol–water partition coefficient (Wildman–Crippen LogP) is 1.04. The molecular formula is C31H55F3N2O12. The molecule has 12 unspecified atom stereocenters. The van der Waals surface area contributed by atoms with Crippen LogP contribution in [0.5, 0.6) is 0 Å². The fraction of sp³-hybridized carbons (Fsp3) is 0.968. The monoisotopic (exact) mass is 704 g/mol. The van der Waals surface area contributed by atoms with Gasteiger partial charge >= 0.3 is 6.30 Å². The van der Waals surface area contributed by atoms with Gasteiger partial charge in [0.1, 0.15) is 36.6 Å². The Bertz CT molecular complexity index is 960. The van der Waals surface area contributed by atoms with Crippen molar-refractivity contribution in [3.05, 3.63) is 0 Å². The SMILES string of the molecule is CCC(CC)C(OC1ON(C(F)(F)F)C(O)C(O)C1O)C(CC)OC1OC(CO)C(O)C(OC(CO)CC2CCCCC2)C1NC(C)=O. The first-order chi connectivity index (χ1) is 22.7. The third kappa shape index (κ3) is 10.4. The third-order valence-electron chi connectivity index (χ3n) is 9.62. The summed E-state index contributed by atoms with van der Waals surface area (Å²) in [6, 6.07) is -1.16. The van der Waals surface area contributed by atoms with Gasteiger partial charge in [-0.1, -0.05) is 70.8 Å². The number of hydrogen-bond acceptors (Lipinski definition) is 13. The summed E-state index contributed by atoms with van der Waals surface area (Å²) in [4.78, 5) is 17.3. The van der Waals surface area contributed by atoms with Crippen LogP contribution in [-0.2, 0) is 28.6 Å². The zero-order valence-corrected chi connectivity index (χ0v) is 28.1. The van der Waals surface area contributed by atoms with Gasteiger partial charge in [0.05, 0.1) is 31.5 Å². The second-order valence-electron chi connectivity index (χ2n) is 13.0. The standard InChI is InChI=1S/C31H55F3N2O12/c1-5-18(6-2)26(47-30-25(42)24(41)28(43)36(48-30)31(32,33)34)20(7-3)45-29-22(35-16(4)39)27(23(40)21(15-38)46-29)44-19(14-37)13-17-11-9-8-10-12-17/h17-30,37-38,40-43H,5-15H2,1-4H3,(H,35,39). The minimum atomic E-state index is -5.24. The maximum atomic E-state index is 13.6. The van der Waals surface area contributed by atoms with Crippen molar-refractivity contribution in [2.75, 3.05) is 13.2 Å². The normalized spacial score (nSPS) is 34.6. The summed E-state index contributed by atoms with van der Waals surface area (Å²) >= 11 is 0. The molecule has 0 aromatic carbocycles. The highest BCUT2D eigenvalue weighted by Crippen LogP contribution is 2.36. The van der Waals surface area contributed by atoms with Gasteiger partial charge in [-0.05, 0) is 24.7 Å². The summed E-state index contributed by atoms with van der Waals surface area (Å²) in [6.45, 7) is 5.57. The number of rotatable bonds is 16. The first kappa shape index (κ1) is 41.2. The number of hydrogen-bond donors (Lipinski definition) is 7. The van der Waals surface area contributed by atoms with Crippen LogP contribution < -0.4 is 5.32 Å². The van der Waals surface area contributed by atoms with E-state index in [0.29, 0.717) is 25.2 Å². The van der Waals surface area contributed by atoms with E-state index in [1.54, 1.807) is 6.92 Å². The van der Waals surface area contributed by atoms with E-state index in [4.69, 9.17) is 23.8 Å². The van der Waals surface area contributed by atoms with E-state index in [1.807, 2.05) is 13.8 Å². The van der Waals surface area contributed by atoms with Crippen molar-refractivity contribution in [1.82, 2.24) is 10.4 Å². The summed E-state index contributed by atoms with van der Waals surface area (Å²) in [7, 11) is 0. The Morgan fingerprint density at radius 1 is 0.917 bits per heavy atom. The minimum absolute atomic E-state index is 0.170. The maximum Gasteiger partial charge on any atom is 0.485 e. The zero-order valence-electron chi connectivity index (χ0n) is 28.1. The molecule has 1 aliphatic carbocycles. The number of aliphatic hydroxyl groups is 6. The van der Waals surface area contributed by atoms with Crippen molar-refractivity contribution in [1.29, 1.82) is 0 Å². The average molecular weight is 705 g/mol. The molecule has 2 heterocycles. The molecule has 0 spiro atoms. The first-order valence-corrected chi connectivity index (χ1v) is 17.1. The van der Waals surface area contributed by atoms with Crippen LogP contribution in [0.3, 0.4) is 0 Å². The molecule has 2 aliphatic heterocycles. The number of amides is 1. The van der Waals surface area contributed by atoms with Crippen molar-refractivity contribution in [2.45, 2.75) is 165 Å². The average Bonchev–Trinajstić information content (AvgIpc) is 3.05. The molecule has 282 valence electrons.